The van der Waals surface area contributed by atoms with E-state index in [9.17, 15) is 0 Å². The van der Waals surface area contributed by atoms with Crippen molar-refractivity contribution in [1.29, 1.82) is 0 Å². The molecule has 0 bridgehead atoms. The zero-order valence-electron chi connectivity index (χ0n) is 22.5. The Balaban J connectivity index is 2.04. The summed E-state index contributed by atoms with van der Waals surface area (Å²) in [6.45, 7) is -4.30. The first kappa shape index (κ1) is 18.0. The third-order valence-corrected chi connectivity index (χ3v) is 5.10. The minimum atomic E-state index is -2.18. The van der Waals surface area contributed by atoms with Gasteiger partial charge in [-0.15, -0.1) is 0 Å². The summed E-state index contributed by atoms with van der Waals surface area (Å²) >= 11 is 0. The van der Waals surface area contributed by atoms with Gasteiger partial charge in [-0.1, -0.05) is 6.07 Å². The quantitative estimate of drug-likeness (QED) is 0.502. The lowest BCUT2D eigenvalue weighted by Crippen LogP contribution is -2.27. The van der Waals surface area contributed by atoms with Gasteiger partial charge < -0.3 is 33.2 Å². The van der Waals surface area contributed by atoms with Gasteiger partial charge in [-0.2, -0.15) is 0 Å². The van der Waals surface area contributed by atoms with Gasteiger partial charge in [-0.25, -0.2) is 0 Å². The Morgan fingerprint density at radius 1 is 0.774 bits per heavy atom. The minimum absolute atomic E-state index is 0.0611. The van der Waals surface area contributed by atoms with Crippen molar-refractivity contribution in [3.05, 3.63) is 41.5 Å². The SMILES string of the molecule is [2H]C([2H])(OC)[C@@H](Cc1ccc(OC)c(OC)c1)[C@H](Cc1cc(OC)c2c(c1)OCO2)C([2H])([2H])OC. The predicted molar refractivity (Wildman–Crippen MR) is 117 cm³/mol. The molecule has 2 aromatic rings. The van der Waals surface area contributed by atoms with Gasteiger partial charge in [0.2, 0.25) is 12.5 Å². The zero-order valence-corrected chi connectivity index (χ0v) is 18.5. The molecule has 0 saturated carbocycles. The highest BCUT2D eigenvalue weighted by molar-refractivity contribution is 5.55. The van der Waals surface area contributed by atoms with Crippen LogP contribution in [0.4, 0.5) is 0 Å². The molecule has 0 saturated heterocycles. The van der Waals surface area contributed by atoms with E-state index in [1.165, 1.54) is 35.5 Å². The van der Waals surface area contributed by atoms with Gasteiger partial charge >= 0.3 is 0 Å². The average molecular weight is 437 g/mol. The summed E-state index contributed by atoms with van der Waals surface area (Å²) in [5, 5.41) is 0. The Morgan fingerprint density at radius 3 is 2.00 bits per heavy atom. The first-order chi connectivity index (χ1) is 16.6. The van der Waals surface area contributed by atoms with E-state index in [1.54, 1.807) is 30.3 Å². The maximum absolute atomic E-state index is 8.62. The highest BCUT2D eigenvalue weighted by Crippen LogP contribution is 2.42. The molecule has 0 radical (unpaired) electrons. The van der Waals surface area contributed by atoms with Gasteiger partial charge in [0.1, 0.15) is 0 Å². The van der Waals surface area contributed by atoms with Crippen LogP contribution < -0.4 is 23.7 Å². The van der Waals surface area contributed by atoms with Crippen LogP contribution in [0, 0.1) is 11.8 Å². The highest BCUT2D eigenvalue weighted by atomic mass is 16.7. The van der Waals surface area contributed by atoms with Crippen LogP contribution in [0.2, 0.25) is 0 Å². The molecule has 0 amide bonds. The summed E-state index contributed by atoms with van der Waals surface area (Å²) in [4.78, 5) is 0. The topological polar surface area (TPSA) is 64.6 Å². The molecule has 0 aliphatic carbocycles. The van der Waals surface area contributed by atoms with Crippen LogP contribution in [0.15, 0.2) is 30.3 Å². The number of benzene rings is 2. The smallest absolute Gasteiger partial charge is 0.231 e. The summed E-state index contributed by atoms with van der Waals surface area (Å²) < 4.78 is 72.0. The monoisotopic (exact) mass is 436 g/mol. The van der Waals surface area contributed by atoms with Crippen molar-refractivity contribution < 1.29 is 38.6 Å². The van der Waals surface area contributed by atoms with E-state index in [0.29, 0.717) is 34.3 Å². The molecule has 1 aliphatic rings. The number of hydrogen-bond donors (Lipinski definition) is 0. The van der Waals surface area contributed by atoms with Crippen molar-refractivity contribution in [1.82, 2.24) is 0 Å². The van der Waals surface area contributed by atoms with Crippen LogP contribution in [0.25, 0.3) is 0 Å². The maximum Gasteiger partial charge on any atom is 0.231 e. The molecule has 7 nitrogen and oxygen atoms in total. The fourth-order valence-electron chi connectivity index (χ4n) is 3.65. The highest BCUT2D eigenvalue weighted by Gasteiger charge is 2.26. The van der Waals surface area contributed by atoms with Crippen molar-refractivity contribution in [2.75, 3.05) is 55.5 Å². The normalized spacial score (nSPS) is 17.1. The Morgan fingerprint density at radius 2 is 1.39 bits per heavy atom. The second kappa shape index (κ2) is 11.1. The van der Waals surface area contributed by atoms with E-state index in [4.69, 9.17) is 38.6 Å². The fraction of sp³-hybridized carbons (Fsp3) is 0.500. The van der Waals surface area contributed by atoms with Crippen LogP contribution in [-0.4, -0.2) is 55.5 Å². The number of hydrogen-bond acceptors (Lipinski definition) is 7. The van der Waals surface area contributed by atoms with Gasteiger partial charge in [-0.3, -0.25) is 0 Å². The largest absolute Gasteiger partial charge is 0.493 e. The molecular formula is C24H32O7. The van der Waals surface area contributed by atoms with Gasteiger partial charge in [-0.05, 0) is 60.1 Å². The fourth-order valence-corrected chi connectivity index (χ4v) is 3.65. The molecule has 0 spiro atoms. The van der Waals surface area contributed by atoms with E-state index >= 15 is 0 Å². The first-order valence-electron chi connectivity index (χ1n) is 11.9. The lowest BCUT2D eigenvalue weighted by atomic mass is 9.83. The zero-order chi connectivity index (χ0) is 25.8. The molecule has 2 atom stereocenters. The Hall–Kier alpha value is -2.64. The second-order valence-electron chi connectivity index (χ2n) is 6.99. The molecule has 0 aromatic heterocycles. The molecular weight excluding hydrogens is 400 g/mol. The standard InChI is InChI=1S/C24H32O7/c1-25-13-18(8-16-6-7-20(27-3)21(10-16)28-4)19(14-26-2)9-17-11-22(29-5)24-23(12-17)30-15-31-24/h6-7,10-12,18-19H,8-9,13-15H2,1-5H3/t18-,19-/m1/s1/i13D2,14D2. The summed E-state index contributed by atoms with van der Waals surface area (Å²) in [7, 11) is 7.10. The van der Waals surface area contributed by atoms with Gasteiger partial charge in [0, 0.05) is 27.3 Å². The third-order valence-electron chi connectivity index (χ3n) is 5.10. The van der Waals surface area contributed by atoms with Gasteiger partial charge in [0.15, 0.2) is 23.0 Å². The predicted octanol–water partition coefficient (Wildman–Crippen LogP) is 3.75. The van der Waals surface area contributed by atoms with Crippen LogP contribution in [0.1, 0.15) is 16.6 Å². The van der Waals surface area contributed by atoms with E-state index < -0.39 is 25.0 Å². The number of rotatable bonds is 12. The van der Waals surface area contributed by atoms with Crippen LogP contribution in [0.3, 0.4) is 0 Å². The van der Waals surface area contributed by atoms with Crippen molar-refractivity contribution >= 4 is 0 Å². The second-order valence-corrected chi connectivity index (χ2v) is 6.99. The summed E-state index contributed by atoms with van der Waals surface area (Å²) in [5.74, 6) is 0.557. The van der Waals surface area contributed by atoms with Crippen molar-refractivity contribution in [2.45, 2.75) is 12.8 Å². The average Bonchev–Trinajstić information content (AvgIpc) is 3.34. The molecule has 7 heteroatoms. The van der Waals surface area contributed by atoms with Crippen molar-refractivity contribution in [3.63, 3.8) is 0 Å². The molecule has 0 fully saturated rings. The molecule has 2 aromatic carbocycles. The van der Waals surface area contributed by atoms with Gasteiger partial charge in [0.25, 0.3) is 0 Å². The summed E-state index contributed by atoms with van der Waals surface area (Å²) in [6, 6.07) is 8.77. The first-order valence-corrected chi connectivity index (χ1v) is 9.87. The number of fused-ring (bicyclic) bond motifs is 1. The molecule has 1 aliphatic heterocycles. The molecule has 3 rings (SSSR count). The van der Waals surface area contributed by atoms with E-state index in [0.717, 1.165) is 5.56 Å². The lowest BCUT2D eigenvalue weighted by Gasteiger charge is -2.27. The summed E-state index contributed by atoms with van der Waals surface area (Å²) in [6.07, 6.45) is 0.269. The molecule has 31 heavy (non-hydrogen) atoms. The minimum Gasteiger partial charge on any atom is -0.493 e. The Labute approximate surface area is 189 Å². The molecule has 0 N–H and O–H groups in total. The van der Waals surface area contributed by atoms with Gasteiger partial charge in [0.05, 0.1) is 26.8 Å². The van der Waals surface area contributed by atoms with Crippen LogP contribution >= 0.6 is 0 Å². The maximum atomic E-state index is 8.62. The van der Waals surface area contributed by atoms with E-state index in [1.807, 2.05) is 0 Å². The van der Waals surface area contributed by atoms with Crippen molar-refractivity contribution in [2.24, 2.45) is 11.8 Å². The lowest BCUT2D eigenvalue weighted by molar-refractivity contribution is 0.0697. The van der Waals surface area contributed by atoms with E-state index in [-0.39, 0.29) is 19.6 Å². The van der Waals surface area contributed by atoms with Crippen LogP contribution in [-0.2, 0) is 22.3 Å². The Kier molecular flexibility index (Phi) is 6.45. The third kappa shape index (κ3) is 5.54. The Bertz CT molecular complexity index is 1020. The number of ether oxygens (including phenoxy) is 7. The van der Waals surface area contributed by atoms with E-state index in [2.05, 4.69) is 0 Å². The molecule has 0 unspecified atom stereocenters. The molecule has 1 heterocycles. The van der Waals surface area contributed by atoms with Crippen LogP contribution in [0.5, 0.6) is 28.7 Å². The van der Waals surface area contributed by atoms with Crippen molar-refractivity contribution in [3.8, 4) is 28.7 Å². The summed E-state index contributed by atoms with van der Waals surface area (Å²) in [5.41, 5.74) is 1.41. The molecule has 170 valence electrons. The number of methoxy groups -OCH3 is 5.